The van der Waals surface area contributed by atoms with Gasteiger partial charge in [-0.3, -0.25) is 9.59 Å². The highest BCUT2D eigenvalue weighted by Crippen LogP contribution is 2.22. The van der Waals surface area contributed by atoms with Gasteiger partial charge >= 0.3 is 0 Å². The molecule has 0 aliphatic rings. The second-order valence-electron chi connectivity index (χ2n) is 6.22. The molecule has 1 aromatic carbocycles. The highest BCUT2D eigenvalue weighted by atomic mass is 16.5. The molecule has 2 aromatic heterocycles. The third-order valence-corrected chi connectivity index (χ3v) is 4.03. The van der Waals surface area contributed by atoms with Crippen LogP contribution in [0.4, 0.5) is 5.69 Å². The van der Waals surface area contributed by atoms with Crippen molar-refractivity contribution in [3.63, 3.8) is 0 Å². The maximum Gasteiger partial charge on any atom is 0.294 e. The molecule has 0 bridgehead atoms. The molecule has 2 amide bonds. The Bertz CT molecular complexity index is 1000. The average molecular weight is 382 g/mol. The van der Waals surface area contributed by atoms with Crippen LogP contribution in [-0.4, -0.2) is 56.5 Å². The first-order valence-electron chi connectivity index (χ1n) is 8.94. The number of rotatable bonds is 7. The van der Waals surface area contributed by atoms with E-state index < -0.39 is 5.91 Å². The maximum atomic E-state index is 12.9. The molecule has 0 spiro atoms. The van der Waals surface area contributed by atoms with Gasteiger partial charge in [0.1, 0.15) is 12.3 Å². The lowest BCUT2D eigenvalue weighted by molar-refractivity contribution is -0.116. The van der Waals surface area contributed by atoms with Crippen molar-refractivity contribution in [2.24, 2.45) is 0 Å². The molecular formula is C19H22N6O3. The van der Waals surface area contributed by atoms with Crippen LogP contribution in [0.3, 0.4) is 0 Å². The minimum absolute atomic E-state index is 0.0108. The number of para-hydroxylation sites is 2. The highest BCUT2D eigenvalue weighted by molar-refractivity contribution is 5.98. The first-order valence-corrected chi connectivity index (χ1v) is 8.94. The number of benzene rings is 1. The Kier molecular flexibility index (Phi) is 5.83. The smallest absolute Gasteiger partial charge is 0.294 e. The predicted molar refractivity (Wildman–Crippen MR) is 103 cm³/mol. The summed E-state index contributed by atoms with van der Waals surface area (Å²) in [5.41, 5.74) is 1.32. The number of ether oxygens (including phenoxy) is 1. The molecule has 3 rings (SSSR count). The summed E-state index contributed by atoms with van der Waals surface area (Å²) < 4.78 is 6.68. The van der Waals surface area contributed by atoms with E-state index in [1.807, 2.05) is 19.9 Å². The molecule has 9 heteroatoms. The van der Waals surface area contributed by atoms with E-state index in [4.69, 9.17) is 4.74 Å². The van der Waals surface area contributed by atoms with Gasteiger partial charge in [-0.2, -0.15) is 4.98 Å². The number of aromatic nitrogens is 4. The molecule has 0 saturated carbocycles. The van der Waals surface area contributed by atoms with Crippen molar-refractivity contribution >= 4 is 23.3 Å². The number of amides is 2. The quantitative estimate of drug-likeness (QED) is 0.670. The van der Waals surface area contributed by atoms with Crippen LogP contribution in [0.5, 0.6) is 5.75 Å². The van der Waals surface area contributed by atoms with Gasteiger partial charge < -0.3 is 15.0 Å². The van der Waals surface area contributed by atoms with Gasteiger partial charge in [0.2, 0.25) is 11.7 Å². The molecule has 28 heavy (non-hydrogen) atoms. The number of hydrogen-bond donors (Lipinski definition) is 1. The van der Waals surface area contributed by atoms with E-state index in [9.17, 15) is 9.59 Å². The first kappa shape index (κ1) is 19.3. The van der Waals surface area contributed by atoms with Crippen molar-refractivity contribution in [1.82, 2.24) is 24.5 Å². The largest absolute Gasteiger partial charge is 0.495 e. The number of carbonyl (C=O) groups excluding carboxylic acids is 2. The molecule has 3 aromatic rings. The van der Waals surface area contributed by atoms with Gasteiger partial charge in [0.15, 0.2) is 0 Å². The van der Waals surface area contributed by atoms with Crippen LogP contribution in [0, 0.1) is 6.92 Å². The lowest BCUT2D eigenvalue weighted by Gasteiger charge is -2.20. The lowest BCUT2D eigenvalue weighted by atomic mass is 10.3. The Hall–Kier alpha value is -3.49. The monoisotopic (exact) mass is 382 g/mol. The Balaban J connectivity index is 1.76. The van der Waals surface area contributed by atoms with Gasteiger partial charge in [-0.25, -0.2) is 9.50 Å². The maximum absolute atomic E-state index is 12.9. The summed E-state index contributed by atoms with van der Waals surface area (Å²) in [7, 11) is 1.53. The summed E-state index contributed by atoms with van der Waals surface area (Å²) in [4.78, 5) is 35.2. The standard InChI is InChI=1S/C19H22N6O3/c1-4-10-24(12-16(26)21-14-7-5-6-8-15(14)28-3)18(27)17-22-19-20-13(2)9-11-25(19)23-17/h5-9,11H,4,10,12H2,1-3H3,(H,21,26). The number of nitrogens with one attached hydrogen (secondary N) is 1. The highest BCUT2D eigenvalue weighted by Gasteiger charge is 2.23. The molecule has 0 radical (unpaired) electrons. The topological polar surface area (TPSA) is 102 Å². The third-order valence-electron chi connectivity index (χ3n) is 4.03. The molecule has 1 N–H and O–H groups in total. The lowest BCUT2D eigenvalue weighted by Crippen LogP contribution is -2.39. The molecule has 146 valence electrons. The van der Waals surface area contributed by atoms with Crippen molar-refractivity contribution in [3.8, 4) is 5.75 Å². The zero-order valence-electron chi connectivity index (χ0n) is 16.0. The number of carbonyl (C=O) groups is 2. The summed E-state index contributed by atoms with van der Waals surface area (Å²) in [6, 6.07) is 8.87. The van der Waals surface area contributed by atoms with Gasteiger partial charge in [-0.1, -0.05) is 19.1 Å². The summed E-state index contributed by atoms with van der Waals surface area (Å²) in [6.45, 7) is 4.05. The molecule has 2 heterocycles. The Morgan fingerprint density at radius 2 is 2.00 bits per heavy atom. The fourth-order valence-corrected chi connectivity index (χ4v) is 2.73. The van der Waals surface area contributed by atoms with E-state index in [1.165, 1.54) is 16.5 Å². The Labute approximate surface area is 162 Å². The molecule has 0 unspecified atom stereocenters. The van der Waals surface area contributed by atoms with Gasteiger partial charge in [-0.15, -0.1) is 5.10 Å². The van der Waals surface area contributed by atoms with E-state index in [2.05, 4.69) is 20.4 Å². The fraction of sp³-hybridized carbons (Fsp3) is 0.316. The van der Waals surface area contributed by atoms with Crippen LogP contribution in [-0.2, 0) is 4.79 Å². The number of nitrogens with zero attached hydrogens (tertiary/aromatic N) is 5. The molecule has 9 nitrogen and oxygen atoms in total. The van der Waals surface area contributed by atoms with Gasteiger partial charge in [0.05, 0.1) is 12.8 Å². The van der Waals surface area contributed by atoms with Crippen molar-refractivity contribution < 1.29 is 14.3 Å². The van der Waals surface area contributed by atoms with E-state index in [-0.39, 0.29) is 18.3 Å². The van der Waals surface area contributed by atoms with Crippen LogP contribution < -0.4 is 10.1 Å². The number of anilines is 1. The number of fused-ring (bicyclic) bond motifs is 1. The zero-order valence-corrected chi connectivity index (χ0v) is 16.0. The summed E-state index contributed by atoms with van der Waals surface area (Å²) >= 11 is 0. The second-order valence-corrected chi connectivity index (χ2v) is 6.22. The van der Waals surface area contributed by atoms with Crippen LogP contribution in [0.1, 0.15) is 29.7 Å². The Morgan fingerprint density at radius 3 is 2.75 bits per heavy atom. The number of hydrogen-bond acceptors (Lipinski definition) is 6. The van der Waals surface area contributed by atoms with E-state index in [1.54, 1.807) is 30.5 Å². The number of methoxy groups -OCH3 is 1. The fourth-order valence-electron chi connectivity index (χ4n) is 2.73. The van der Waals surface area contributed by atoms with Gasteiger partial charge in [0, 0.05) is 18.4 Å². The van der Waals surface area contributed by atoms with E-state index in [0.29, 0.717) is 30.2 Å². The van der Waals surface area contributed by atoms with Crippen molar-refractivity contribution in [3.05, 3.63) is 48.0 Å². The van der Waals surface area contributed by atoms with Gasteiger partial charge in [0.25, 0.3) is 11.7 Å². The van der Waals surface area contributed by atoms with Crippen LogP contribution in [0.2, 0.25) is 0 Å². The van der Waals surface area contributed by atoms with Gasteiger partial charge in [-0.05, 0) is 31.5 Å². The normalized spacial score (nSPS) is 10.7. The van der Waals surface area contributed by atoms with E-state index in [0.717, 1.165) is 5.69 Å². The summed E-state index contributed by atoms with van der Waals surface area (Å²) in [5, 5.41) is 6.95. The van der Waals surface area contributed by atoms with Crippen LogP contribution in [0.15, 0.2) is 36.5 Å². The minimum Gasteiger partial charge on any atom is -0.495 e. The number of aryl methyl sites for hydroxylation is 1. The Morgan fingerprint density at radius 1 is 1.21 bits per heavy atom. The molecule has 0 aliphatic carbocycles. The van der Waals surface area contributed by atoms with Crippen LogP contribution >= 0.6 is 0 Å². The molecule has 0 aliphatic heterocycles. The molecule has 0 atom stereocenters. The second kappa shape index (κ2) is 8.47. The van der Waals surface area contributed by atoms with Crippen LogP contribution in [0.25, 0.3) is 5.78 Å². The molecule has 0 saturated heterocycles. The SMILES string of the molecule is CCCN(CC(=O)Nc1ccccc1OC)C(=O)c1nc2nc(C)ccn2n1. The van der Waals surface area contributed by atoms with Crippen molar-refractivity contribution in [2.75, 3.05) is 25.5 Å². The summed E-state index contributed by atoms with van der Waals surface area (Å²) in [6.07, 6.45) is 2.39. The summed E-state index contributed by atoms with van der Waals surface area (Å²) in [5.74, 6) is 0.159. The van der Waals surface area contributed by atoms with Crippen molar-refractivity contribution in [1.29, 1.82) is 0 Å². The zero-order chi connectivity index (χ0) is 20.1. The predicted octanol–water partition coefficient (Wildman–Crippen LogP) is 1.93. The minimum atomic E-state index is -0.417. The third kappa shape index (κ3) is 4.25. The van der Waals surface area contributed by atoms with Crippen molar-refractivity contribution in [2.45, 2.75) is 20.3 Å². The molecular weight excluding hydrogens is 360 g/mol. The van der Waals surface area contributed by atoms with E-state index >= 15 is 0 Å². The average Bonchev–Trinajstić information content (AvgIpc) is 3.10. The molecule has 0 fully saturated rings. The first-order chi connectivity index (χ1) is 13.5.